The quantitative estimate of drug-likeness (QED) is 0.148. The topological polar surface area (TPSA) is 131 Å². The summed E-state index contributed by atoms with van der Waals surface area (Å²) in [5, 5.41) is 8.72. The van der Waals surface area contributed by atoms with Crippen LogP contribution in [0.2, 0.25) is 0 Å². The van der Waals surface area contributed by atoms with Crippen LogP contribution in [0.4, 0.5) is 0 Å². The second kappa shape index (κ2) is 13.3. The van der Waals surface area contributed by atoms with Gasteiger partial charge in [-0.25, -0.2) is 14.3 Å². The van der Waals surface area contributed by atoms with E-state index in [1.165, 1.54) is 11.3 Å². The minimum atomic E-state index is -4.50. The predicted octanol–water partition coefficient (Wildman–Crippen LogP) is 7.38. The molecule has 0 bridgehead atoms. The summed E-state index contributed by atoms with van der Waals surface area (Å²) < 4.78 is 28.5. The number of Topliss-reactive ketones (excluding diaryl/α,β-unsaturated/α-hetero) is 1. The largest absolute Gasteiger partial charge is 0.736 e. The summed E-state index contributed by atoms with van der Waals surface area (Å²) in [7, 11) is -4.50. The summed E-state index contributed by atoms with van der Waals surface area (Å²) >= 11 is 1.54. The molecule has 2 aliphatic heterocycles. The van der Waals surface area contributed by atoms with Gasteiger partial charge in [0, 0.05) is 35.5 Å². The lowest BCUT2D eigenvalue weighted by molar-refractivity contribution is -0.733. The summed E-state index contributed by atoms with van der Waals surface area (Å²) in [5.41, 5.74) is 0.213. The molecule has 0 amide bonds. The zero-order valence-electron chi connectivity index (χ0n) is 28.5. The van der Waals surface area contributed by atoms with E-state index >= 15 is 0 Å². The molecule has 9 nitrogen and oxygen atoms in total. The van der Waals surface area contributed by atoms with Gasteiger partial charge >= 0.3 is 13.8 Å². The first-order chi connectivity index (χ1) is 23.2. The van der Waals surface area contributed by atoms with Crippen molar-refractivity contribution in [2.24, 2.45) is 11.8 Å². The predicted molar refractivity (Wildman–Crippen MR) is 189 cm³/mol. The Morgan fingerprint density at radius 3 is 2.00 bits per heavy atom. The van der Waals surface area contributed by atoms with Gasteiger partial charge in [-0.2, -0.15) is 0 Å². The zero-order valence-corrected chi connectivity index (χ0v) is 30.2. The van der Waals surface area contributed by atoms with Crippen LogP contribution in [0, 0.1) is 11.8 Å². The Bertz CT molecular complexity index is 1980. The van der Waals surface area contributed by atoms with E-state index in [-0.39, 0.29) is 35.2 Å². The van der Waals surface area contributed by atoms with Crippen LogP contribution >= 0.6 is 19.2 Å². The van der Waals surface area contributed by atoms with Gasteiger partial charge < -0.3 is 24.0 Å². The monoisotopic (exact) mass is 700 g/mol. The molecule has 11 heteroatoms. The number of carbonyl (C=O) groups excluding carboxylic acids is 2. The van der Waals surface area contributed by atoms with Crippen LogP contribution in [0.15, 0.2) is 84.4 Å². The lowest BCUT2D eigenvalue weighted by atomic mass is 9.83. The number of thiazole rings is 1. The molecule has 7 rings (SSSR count). The second-order valence-corrected chi connectivity index (χ2v) is 16.4. The Labute approximate surface area is 290 Å². The highest BCUT2D eigenvalue weighted by Crippen LogP contribution is 2.55. The molecule has 1 fully saturated rings. The maximum atomic E-state index is 13.0. The maximum absolute atomic E-state index is 13.0. The highest BCUT2D eigenvalue weighted by molar-refractivity contribution is 7.46. The summed E-state index contributed by atoms with van der Waals surface area (Å²) in [5.74, 6) is 0.591. The van der Waals surface area contributed by atoms with Crippen molar-refractivity contribution >= 4 is 52.5 Å². The van der Waals surface area contributed by atoms with E-state index < -0.39 is 19.0 Å². The Hall–Kier alpha value is -4.08. The van der Waals surface area contributed by atoms with E-state index in [2.05, 4.69) is 18.8 Å². The average molecular weight is 701 g/mol. The van der Waals surface area contributed by atoms with E-state index in [0.717, 1.165) is 37.7 Å². The number of quaternary nitrogens is 1. The van der Waals surface area contributed by atoms with E-state index in [9.17, 15) is 19.0 Å². The molecule has 256 valence electrons. The van der Waals surface area contributed by atoms with Gasteiger partial charge in [-0.1, -0.05) is 74.5 Å². The number of rotatable bonds is 5. The van der Waals surface area contributed by atoms with Crippen LogP contribution < -0.4 is 19.3 Å². The molecule has 5 aromatic rings. The lowest BCUT2D eigenvalue weighted by Gasteiger charge is -2.30. The number of hydrogen-bond acceptors (Lipinski definition) is 9. The molecule has 0 spiro atoms. The summed E-state index contributed by atoms with van der Waals surface area (Å²) in [6.45, 7) is 11.4. The first-order valence-corrected chi connectivity index (χ1v) is 18.7. The third-order valence-electron chi connectivity index (χ3n) is 8.80. The number of aromatic nitrogens is 1. The molecule has 3 heterocycles. The number of fused-ring (bicyclic) bond motifs is 7. The fourth-order valence-corrected chi connectivity index (χ4v) is 8.61. The van der Waals surface area contributed by atoms with Crippen molar-refractivity contribution in [3.63, 3.8) is 0 Å². The molecular formula is C38H41N2O7PS. The molecule has 3 atom stereocenters. The van der Waals surface area contributed by atoms with Gasteiger partial charge in [0.05, 0.1) is 5.92 Å². The number of ether oxygens (including phenoxy) is 1. The number of benzene rings is 4. The van der Waals surface area contributed by atoms with Crippen LogP contribution in [-0.2, 0) is 18.9 Å². The van der Waals surface area contributed by atoms with Crippen molar-refractivity contribution in [1.29, 1.82) is 0 Å². The summed E-state index contributed by atoms with van der Waals surface area (Å²) in [6.07, 6.45) is 2.95. The third kappa shape index (κ3) is 7.29. The summed E-state index contributed by atoms with van der Waals surface area (Å²) in [4.78, 5) is 41.9. The Morgan fingerprint density at radius 2 is 1.53 bits per heavy atom. The van der Waals surface area contributed by atoms with Gasteiger partial charge in [0.25, 0.3) is 0 Å². The van der Waals surface area contributed by atoms with Gasteiger partial charge in [-0.05, 0) is 67.3 Å². The standard InChI is InChI=1S/C20H13O4P.C18H28N2O3S/c21-25(22)23-17-11-9-13-5-1-3-7-15(13)19(17)20-16-8-4-2-6-14(16)10-12-18(20)24-25;1-11(2)9-18(16(22)23-17(4,5)6)10-13(12(3)21)14(20-18)15-19-7-8-24-15/h1-12H,(H,21,22);7-8,11,13-14,20H,9-10H2,1-6H3/t;13-,14+,18-/m.0/s1. The zero-order chi connectivity index (χ0) is 35.1. The van der Waals surface area contributed by atoms with Gasteiger partial charge in [0.1, 0.15) is 28.9 Å². The van der Waals surface area contributed by atoms with E-state index in [1.807, 2.05) is 92.1 Å². The number of esters is 1. The molecule has 0 saturated carbocycles. The molecule has 2 aliphatic rings. The van der Waals surface area contributed by atoms with Crippen molar-refractivity contribution in [2.45, 2.75) is 71.6 Å². The molecule has 1 aromatic heterocycles. The number of ketones is 1. The van der Waals surface area contributed by atoms with Crippen molar-refractivity contribution in [2.75, 3.05) is 0 Å². The van der Waals surface area contributed by atoms with Gasteiger partial charge in [0.15, 0.2) is 10.5 Å². The van der Waals surface area contributed by atoms with Crippen molar-refractivity contribution < 1.29 is 38.1 Å². The summed E-state index contributed by atoms with van der Waals surface area (Å²) in [6, 6.07) is 22.6. The molecule has 1 saturated heterocycles. The SMILES string of the molecule is CC(=O)[C@@H]1C[C@@](CC(C)C)(C(=O)OC(C)(C)C)[NH2+][C@H]1c1nccs1.O=P1([O-])Oc2ccc3ccccc3c2-c2c(ccc3ccccc23)O1. The van der Waals surface area contributed by atoms with E-state index in [4.69, 9.17) is 13.8 Å². The number of hydrogen-bond donors (Lipinski definition) is 1. The molecule has 0 unspecified atom stereocenters. The maximum Gasteiger partial charge on any atom is 0.372 e. The first kappa shape index (κ1) is 34.8. The average Bonchev–Trinajstić information content (AvgIpc) is 3.67. The molecule has 0 radical (unpaired) electrons. The van der Waals surface area contributed by atoms with Gasteiger partial charge in [0.2, 0.25) is 0 Å². The van der Waals surface area contributed by atoms with Gasteiger partial charge in [-0.15, -0.1) is 11.3 Å². The molecule has 49 heavy (non-hydrogen) atoms. The Balaban J connectivity index is 0.000000170. The lowest BCUT2D eigenvalue weighted by Crippen LogP contribution is -2.96. The third-order valence-corrected chi connectivity index (χ3v) is 10.5. The fourth-order valence-electron chi connectivity index (χ4n) is 7.01. The molecular weight excluding hydrogens is 659 g/mol. The normalized spacial score (nSPS) is 21.1. The van der Waals surface area contributed by atoms with Crippen LogP contribution in [0.5, 0.6) is 11.5 Å². The fraction of sp³-hybridized carbons (Fsp3) is 0.342. The Kier molecular flexibility index (Phi) is 9.46. The van der Waals surface area contributed by atoms with Crippen LogP contribution in [0.25, 0.3) is 32.7 Å². The minimum absolute atomic E-state index is 0.103. The van der Waals surface area contributed by atoms with Gasteiger partial charge in [-0.3, -0.25) is 4.79 Å². The number of phosphoric ester groups is 1. The number of phosphoric acid groups is 1. The molecule has 2 N–H and O–H groups in total. The smallest absolute Gasteiger partial charge is 0.372 e. The number of nitrogens with zero attached hydrogens (tertiary/aromatic N) is 1. The second-order valence-electron chi connectivity index (χ2n) is 14.2. The number of nitrogens with two attached hydrogens (primary N) is 1. The Morgan fingerprint density at radius 1 is 0.980 bits per heavy atom. The number of carbonyl (C=O) groups is 2. The van der Waals surface area contributed by atoms with Crippen molar-refractivity contribution in [3.8, 4) is 22.6 Å². The van der Waals surface area contributed by atoms with Crippen LogP contribution in [-0.4, -0.2) is 27.9 Å². The highest BCUT2D eigenvalue weighted by Gasteiger charge is 2.58. The first-order valence-electron chi connectivity index (χ1n) is 16.4. The van der Waals surface area contributed by atoms with E-state index in [0.29, 0.717) is 18.8 Å². The van der Waals surface area contributed by atoms with Crippen LogP contribution in [0.1, 0.15) is 65.4 Å². The minimum Gasteiger partial charge on any atom is -0.736 e. The van der Waals surface area contributed by atoms with Crippen molar-refractivity contribution in [1.82, 2.24) is 4.98 Å². The molecule has 4 aromatic carbocycles. The molecule has 0 aliphatic carbocycles. The highest BCUT2D eigenvalue weighted by atomic mass is 32.1. The van der Waals surface area contributed by atoms with E-state index in [1.54, 1.807) is 25.3 Å². The van der Waals surface area contributed by atoms with Crippen LogP contribution in [0.3, 0.4) is 0 Å². The van der Waals surface area contributed by atoms with Crippen molar-refractivity contribution in [3.05, 3.63) is 89.4 Å².